The molecule has 4 fully saturated rings. The van der Waals surface area contributed by atoms with Crippen molar-refractivity contribution in [1.82, 2.24) is 37.2 Å². The lowest BCUT2D eigenvalue weighted by Crippen LogP contribution is -2.66. The number of carbonyl (C=O) groups excluding carboxylic acids is 7. The quantitative estimate of drug-likeness (QED) is 0.0275. The Hall–Kier alpha value is -10.1. The molecule has 7 amide bonds. The maximum atomic E-state index is 14.3. The molecule has 4 aliphatic rings. The van der Waals surface area contributed by atoms with Crippen LogP contribution in [0.3, 0.4) is 0 Å². The van der Waals surface area contributed by atoms with Gasteiger partial charge in [-0.05, 0) is 52.6 Å². The van der Waals surface area contributed by atoms with Gasteiger partial charge in [-0.15, -0.1) is 0 Å². The number of aliphatic hydroxyl groups is 6. The van der Waals surface area contributed by atoms with E-state index in [4.69, 9.17) is 56.8 Å². The Bertz CT molecular complexity index is 3740. The van der Waals surface area contributed by atoms with Crippen molar-refractivity contribution in [2.45, 2.75) is 176 Å². The number of hydrogen-bond acceptors (Lipinski definition) is 25. The Morgan fingerprint density at radius 1 is 0.393 bits per heavy atom. The van der Waals surface area contributed by atoms with Crippen molar-refractivity contribution in [1.29, 1.82) is 0 Å². The third kappa shape index (κ3) is 24.5. The van der Waals surface area contributed by atoms with Gasteiger partial charge < -0.3 is 125 Å². The Morgan fingerprint density at radius 2 is 0.785 bits per heavy atom. The number of hydrogen-bond donors (Lipinski definition) is 13. The van der Waals surface area contributed by atoms with Gasteiger partial charge in [0, 0.05) is 32.1 Å². The first-order valence-corrected chi connectivity index (χ1v) is 34.9. The number of benzene rings is 6. The summed E-state index contributed by atoms with van der Waals surface area (Å²) < 4.78 is 71.9. The van der Waals surface area contributed by atoms with Crippen LogP contribution in [0.2, 0.25) is 0 Å². The van der Waals surface area contributed by atoms with Crippen molar-refractivity contribution >= 4 is 42.5 Å². The molecular weight excluding hydrogens is 1400 g/mol. The van der Waals surface area contributed by atoms with Crippen LogP contribution in [-0.4, -0.2) is 210 Å². The van der Waals surface area contributed by atoms with Crippen LogP contribution >= 0.6 is 0 Å². The summed E-state index contributed by atoms with van der Waals surface area (Å²) in [5, 5.41) is 88.5. The molecule has 6 aromatic rings. The van der Waals surface area contributed by atoms with E-state index >= 15 is 0 Å². The second kappa shape index (κ2) is 40.6. The highest BCUT2D eigenvalue weighted by molar-refractivity contribution is 5.81. The Labute approximate surface area is 615 Å². The minimum atomic E-state index is -2.01. The molecular formula is C75H89N7O25. The zero-order valence-electron chi connectivity index (χ0n) is 58.1. The molecule has 0 unspecified atom stereocenters. The van der Waals surface area contributed by atoms with Crippen molar-refractivity contribution in [2.75, 3.05) is 26.2 Å². The molecule has 0 bridgehead atoms. The average Bonchev–Trinajstić information content (AvgIpc) is 1.77. The van der Waals surface area contributed by atoms with Gasteiger partial charge in [0.25, 0.3) is 0 Å². The van der Waals surface area contributed by atoms with Crippen LogP contribution in [0.25, 0.3) is 0 Å². The van der Waals surface area contributed by atoms with E-state index < -0.39 is 172 Å². The average molecular weight is 1490 g/mol. The minimum absolute atomic E-state index is 0.0556. The van der Waals surface area contributed by atoms with Crippen molar-refractivity contribution in [3.05, 3.63) is 215 Å². The molecule has 0 spiro atoms. The van der Waals surface area contributed by atoms with Crippen LogP contribution in [-0.2, 0) is 101 Å². The van der Waals surface area contributed by atoms with Gasteiger partial charge in [0.1, 0.15) is 101 Å². The Balaban J connectivity index is 0.934. The van der Waals surface area contributed by atoms with Crippen LogP contribution in [0.4, 0.5) is 28.8 Å². The molecule has 3 aliphatic heterocycles. The number of ether oxygens (including phenoxy) is 12. The number of amides is 7. The van der Waals surface area contributed by atoms with Crippen LogP contribution in [0.15, 0.2) is 182 Å². The molecule has 107 heavy (non-hydrogen) atoms. The lowest BCUT2D eigenvalue weighted by Gasteiger charge is -2.46. The summed E-state index contributed by atoms with van der Waals surface area (Å²) in [5.74, 6) is -0.950. The van der Waals surface area contributed by atoms with Crippen molar-refractivity contribution < 1.29 is 121 Å². The van der Waals surface area contributed by atoms with Crippen LogP contribution in [0.1, 0.15) is 59.1 Å². The number of rotatable bonds is 31. The lowest BCUT2D eigenvalue weighted by atomic mass is 9.85. The molecule has 18 atom stereocenters. The maximum Gasteiger partial charge on any atom is 0.407 e. The fourth-order valence-corrected chi connectivity index (χ4v) is 12.3. The summed E-state index contributed by atoms with van der Waals surface area (Å²) in [5.41, 5.74) is 3.86. The van der Waals surface area contributed by atoms with Gasteiger partial charge in [-0.3, -0.25) is 4.79 Å². The Morgan fingerprint density at radius 3 is 1.24 bits per heavy atom. The van der Waals surface area contributed by atoms with Gasteiger partial charge in [0.15, 0.2) is 18.9 Å². The van der Waals surface area contributed by atoms with E-state index in [0.717, 1.165) is 0 Å². The second-order valence-electron chi connectivity index (χ2n) is 25.7. The molecule has 0 aromatic heterocycles. The number of aliphatic hydroxyl groups excluding tert-OH is 6. The fraction of sp³-hybridized carbons (Fsp3) is 0.427. The van der Waals surface area contributed by atoms with Crippen LogP contribution in [0.5, 0.6) is 0 Å². The van der Waals surface area contributed by atoms with E-state index in [9.17, 15) is 64.2 Å². The number of alkyl carbamates (subject to hydrolysis) is 6. The van der Waals surface area contributed by atoms with Gasteiger partial charge in [-0.1, -0.05) is 182 Å². The fourth-order valence-electron chi connectivity index (χ4n) is 12.3. The molecule has 0 radical (unpaired) electrons. The molecule has 32 heteroatoms. The monoisotopic (exact) mass is 1490 g/mol. The summed E-state index contributed by atoms with van der Waals surface area (Å²) in [7, 11) is 0. The summed E-state index contributed by atoms with van der Waals surface area (Å²) in [6.45, 7) is -3.03. The van der Waals surface area contributed by atoms with Gasteiger partial charge >= 0.3 is 36.6 Å². The van der Waals surface area contributed by atoms with Crippen molar-refractivity contribution in [3.8, 4) is 0 Å². The van der Waals surface area contributed by atoms with Gasteiger partial charge in [-0.25, -0.2) is 28.8 Å². The largest absolute Gasteiger partial charge is 0.445 e. The van der Waals surface area contributed by atoms with Gasteiger partial charge in [-0.2, -0.15) is 0 Å². The summed E-state index contributed by atoms with van der Waals surface area (Å²) in [4.78, 5) is 94.8. The molecule has 32 nitrogen and oxygen atoms in total. The summed E-state index contributed by atoms with van der Waals surface area (Å²) in [6.07, 6.45) is -30.7. The predicted octanol–water partition coefficient (Wildman–Crippen LogP) is 3.84. The first-order chi connectivity index (χ1) is 51.9. The molecule has 6 aromatic carbocycles. The maximum absolute atomic E-state index is 14.3. The summed E-state index contributed by atoms with van der Waals surface area (Å²) >= 11 is 0. The molecule has 3 saturated heterocycles. The Kier molecular flexibility index (Phi) is 30.2. The number of nitrogens with one attached hydrogen (secondary N) is 7. The van der Waals surface area contributed by atoms with Gasteiger partial charge in [0.2, 0.25) is 5.91 Å². The van der Waals surface area contributed by atoms with Crippen LogP contribution in [0, 0.1) is 0 Å². The third-order valence-electron chi connectivity index (χ3n) is 17.8. The van der Waals surface area contributed by atoms with E-state index in [-0.39, 0.29) is 71.9 Å². The molecule has 1 saturated carbocycles. The smallest absolute Gasteiger partial charge is 0.407 e. The van der Waals surface area contributed by atoms with Crippen LogP contribution < -0.4 is 37.2 Å². The molecule has 3 heterocycles. The second-order valence-corrected chi connectivity index (χ2v) is 25.7. The highest BCUT2D eigenvalue weighted by Crippen LogP contribution is 2.36. The van der Waals surface area contributed by atoms with E-state index in [1.165, 1.54) is 0 Å². The lowest BCUT2D eigenvalue weighted by molar-refractivity contribution is -0.289. The highest BCUT2D eigenvalue weighted by atomic mass is 16.8. The summed E-state index contributed by atoms with van der Waals surface area (Å²) in [6, 6.07) is 46.8. The molecule has 574 valence electrons. The topological polar surface area (TPSA) is 436 Å². The van der Waals surface area contributed by atoms with E-state index in [1.54, 1.807) is 182 Å². The minimum Gasteiger partial charge on any atom is -0.445 e. The predicted molar refractivity (Wildman–Crippen MR) is 373 cm³/mol. The van der Waals surface area contributed by atoms with Gasteiger partial charge in [0.05, 0.1) is 30.9 Å². The van der Waals surface area contributed by atoms with Crippen molar-refractivity contribution in [3.63, 3.8) is 0 Å². The van der Waals surface area contributed by atoms with E-state index in [2.05, 4.69) is 37.2 Å². The normalized spacial score (nSPS) is 26.3. The van der Waals surface area contributed by atoms with Crippen molar-refractivity contribution in [2.24, 2.45) is 0 Å². The molecule has 10 rings (SSSR count). The first kappa shape index (κ1) is 79.5. The SMILES string of the molecule is O=C(NCC[C@H](O)C(=O)N[C@@H]1C[C@H](NC(=O)OCc2ccccc2)[C@@H](O[C@H]2O[C@H](CNC(=O)OCc3ccccc3)[C@H](O)C[C@H]2NC(=O)OCc2ccccc2)[C@H](O[C@@H]2O[C@H](CO)[C@@H](O[C@H]3O[C@@H](CNC(=O)OCc4ccccc4)[C@@H](O)[C@H](O)[C@H]3NC(=O)OCc3ccccc3)[C@H]2O)C1)OCc1ccccc1. The van der Waals surface area contributed by atoms with E-state index in [1.807, 2.05) is 0 Å². The zero-order valence-corrected chi connectivity index (χ0v) is 58.1. The third-order valence-corrected chi connectivity index (χ3v) is 17.8. The zero-order chi connectivity index (χ0) is 75.4. The number of carbonyl (C=O) groups is 7. The molecule has 1 aliphatic carbocycles. The van der Waals surface area contributed by atoms with E-state index in [0.29, 0.717) is 33.4 Å². The first-order valence-electron chi connectivity index (χ1n) is 34.9. The molecule has 13 N–H and O–H groups in total. The standard InChI is InChI=1S/C75H89N7O25/c83-38-59-65(107-68-60(82-75(95)101-44-50-29-17-6-18-30-50)62(87)61(86)58(104-68)37-78-72(92)98-41-47-23-11-3-12-24-47)63(88)69(105-59)102-56-34-51(79-66(89)54(84)31-32-76-70(90)96-39-45-19-7-1-8-20-45)33-52(80-73(93)99-42-48-25-13-4-14-26-48)64(56)106-67-53(81-74(94)100-43-49-27-15-5-16-28-49)35-55(85)57(103-67)36-77-71(91)97-40-46-21-9-2-10-22-46/h1-30,51-65,67-69,83-88H,31-44H2,(H,76,90)(H,77,91)(H,78,92)(H,79,89)(H,80,93)(H,81,94)(H,82,95)/t51-,52+,53-,54+,55-,56-,57-,58+,59-,60-,61-,62-,63-,64-,65-,67-,68-,69-/m1/s1. The highest BCUT2D eigenvalue weighted by Gasteiger charge is 2.54.